The molecule has 156 valence electrons. The topological polar surface area (TPSA) is 61.4 Å². The first-order valence-corrected chi connectivity index (χ1v) is 12.0. The zero-order chi connectivity index (χ0) is 20.4. The van der Waals surface area contributed by atoms with Gasteiger partial charge in [0, 0.05) is 29.8 Å². The third kappa shape index (κ3) is 9.43. The zero-order valence-corrected chi connectivity index (χ0v) is 19.3. The molecule has 28 heavy (non-hydrogen) atoms. The number of nitrogens with one attached hydrogen (secondary N) is 2. The molecule has 2 amide bonds. The van der Waals surface area contributed by atoms with Crippen LogP contribution in [0.15, 0.2) is 28.7 Å². The van der Waals surface area contributed by atoms with Crippen molar-refractivity contribution in [1.82, 2.24) is 10.2 Å². The van der Waals surface area contributed by atoms with Crippen molar-refractivity contribution in [3.05, 3.63) is 28.7 Å². The van der Waals surface area contributed by atoms with E-state index in [0.717, 1.165) is 41.4 Å². The van der Waals surface area contributed by atoms with Crippen LogP contribution >= 0.6 is 27.7 Å². The molecule has 1 aromatic rings. The Bertz CT molecular complexity index is 634. The highest BCUT2D eigenvalue weighted by molar-refractivity contribution is 9.10. The lowest BCUT2D eigenvalue weighted by Crippen LogP contribution is -2.39. The van der Waals surface area contributed by atoms with Crippen LogP contribution in [0.25, 0.3) is 0 Å². The van der Waals surface area contributed by atoms with Crippen molar-refractivity contribution < 1.29 is 9.59 Å². The number of rotatable bonds is 10. The molecule has 0 spiro atoms. The minimum absolute atomic E-state index is 0.000438. The van der Waals surface area contributed by atoms with Gasteiger partial charge in [0.25, 0.3) is 0 Å². The Hall–Kier alpha value is -1.05. The van der Waals surface area contributed by atoms with Gasteiger partial charge in [0.15, 0.2) is 0 Å². The number of anilines is 1. The predicted octanol–water partition coefficient (Wildman–Crippen LogP) is 4.00. The normalized spacial score (nSPS) is 20.0. The summed E-state index contributed by atoms with van der Waals surface area (Å²) in [6.07, 6.45) is 3.45. The van der Waals surface area contributed by atoms with Gasteiger partial charge < -0.3 is 15.5 Å². The number of halogens is 1. The van der Waals surface area contributed by atoms with Crippen molar-refractivity contribution >= 4 is 45.2 Å². The van der Waals surface area contributed by atoms with E-state index in [4.69, 9.17) is 0 Å². The Morgan fingerprint density at radius 1 is 1.14 bits per heavy atom. The fourth-order valence-corrected chi connectivity index (χ4v) is 4.76. The van der Waals surface area contributed by atoms with Crippen molar-refractivity contribution in [3.8, 4) is 0 Å². The number of hydrogen-bond acceptors (Lipinski definition) is 4. The van der Waals surface area contributed by atoms with E-state index in [2.05, 4.69) is 45.3 Å². The Labute approximate surface area is 181 Å². The number of piperidine rings is 1. The molecule has 2 atom stereocenters. The Morgan fingerprint density at radius 2 is 1.86 bits per heavy atom. The van der Waals surface area contributed by atoms with Gasteiger partial charge in [0.05, 0.1) is 11.5 Å². The van der Waals surface area contributed by atoms with Crippen molar-refractivity contribution in [2.24, 2.45) is 11.8 Å². The van der Waals surface area contributed by atoms with Crippen LogP contribution in [0, 0.1) is 11.8 Å². The fourth-order valence-electron chi connectivity index (χ4n) is 3.71. The quantitative estimate of drug-likeness (QED) is 0.508. The molecule has 7 heteroatoms. The molecule has 0 aliphatic carbocycles. The van der Waals surface area contributed by atoms with Gasteiger partial charge >= 0.3 is 0 Å². The minimum Gasteiger partial charge on any atom is -0.355 e. The minimum atomic E-state index is -0.0964. The molecule has 1 aliphatic rings. The first-order valence-electron chi connectivity index (χ1n) is 10.0. The van der Waals surface area contributed by atoms with E-state index < -0.39 is 0 Å². The van der Waals surface area contributed by atoms with Crippen molar-refractivity contribution in [1.29, 1.82) is 0 Å². The smallest absolute Gasteiger partial charge is 0.234 e. The molecule has 2 unspecified atom stereocenters. The van der Waals surface area contributed by atoms with Gasteiger partial charge in [-0.25, -0.2) is 0 Å². The summed E-state index contributed by atoms with van der Waals surface area (Å²) in [6.45, 7) is 8.90. The summed E-state index contributed by atoms with van der Waals surface area (Å²) in [5.41, 5.74) is 0.752. The average Bonchev–Trinajstić information content (AvgIpc) is 2.60. The van der Waals surface area contributed by atoms with Crippen molar-refractivity contribution in [2.75, 3.05) is 43.0 Å². The number of likely N-dealkylation sites (tertiary alicyclic amines) is 1. The highest BCUT2D eigenvalue weighted by Crippen LogP contribution is 2.21. The summed E-state index contributed by atoms with van der Waals surface area (Å²) < 4.78 is 0.918. The van der Waals surface area contributed by atoms with Gasteiger partial charge in [0.1, 0.15) is 0 Å². The average molecular weight is 470 g/mol. The molecule has 1 aliphatic heterocycles. The fraction of sp³-hybridized carbons (Fsp3) is 0.619. The van der Waals surface area contributed by atoms with Crippen LogP contribution < -0.4 is 10.6 Å². The maximum absolute atomic E-state index is 11.9. The second-order valence-electron chi connectivity index (χ2n) is 7.81. The summed E-state index contributed by atoms with van der Waals surface area (Å²) in [5, 5.41) is 5.78. The van der Waals surface area contributed by atoms with Crippen LogP contribution in [-0.4, -0.2) is 54.4 Å². The predicted molar refractivity (Wildman–Crippen MR) is 122 cm³/mol. The molecule has 0 aromatic heterocycles. The number of thioether (sulfide) groups is 1. The number of unbranched alkanes of at least 4 members (excludes halogenated alkanes) is 1. The molecule has 2 N–H and O–H groups in total. The van der Waals surface area contributed by atoms with Gasteiger partial charge in [-0.05, 0) is 55.8 Å². The van der Waals surface area contributed by atoms with E-state index in [1.165, 1.54) is 31.3 Å². The van der Waals surface area contributed by atoms with Crippen LogP contribution in [0.2, 0.25) is 0 Å². The van der Waals surface area contributed by atoms with Crippen LogP contribution in [0.4, 0.5) is 5.69 Å². The van der Waals surface area contributed by atoms with Crippen LogP contribution in [0.3, 0.4) is 0 Å². The highest BCUT2D eigenvalue weighted by atomic mass is 79.9. The number of carbonyl (C=O) groups is 2. The number of nitrogens with zero attached hydrogens (tertiary/aromatic N) is 1. The molecule has 1 heterocycles. The Kier molecular flexibility index (Phi) is 10.4. The number of amides is 2. The second kappa shape index (κ2) is 12.5. The van der Waals surface area contributed by atoms with Gasteiger partial charge in [-0.2, -0.15) is 0 Å². The van der Waals surface area contributed by atoms with Crippen molar-refractivity contribution in [3.63, 3.8) is 0 Å². The highest BCUT2D eigenvalue weighted by Gasteiger charge is 2.20. The molecule has 1 saturated heterocycles. The summed E-state index contributed by atoms with van der Waals surface area (Å²) in [6, 6.07) is 7.46. The maximum atomic E-state index is 11.9. The monoisotopic (exact) mass is 469 g/mol. The Morgan fingerprint density at radius 3 is 2.57 bits per heavy atom. The molecule has 5 nitrogen and oxygen atoms in total. The molecule has 0 bridgehead atoms. The summed E-state index contributed by atoms with van der Waals surface area (Å²) in [7, 11) is 0. The first kappa shape index (κ1) is 23.2. The first-order chi connectivity index (χ1) is 13.4. The lowest BCUT2D eigenvalue weighted by Gasteiger charge is -2.34. The standard InChI is InChI=1S/C21H32BrN3O2S/c1-16-10-17(2)13-25(12-16)9-4-3-8-23-20(26)14-28-15-21(27)24-19-7-5-6-18(22)11-19/h5-7,11,16-17H,3-4,8-10,12-15H2,1-2H3,(H,23,26)(H,24,27). The van der Waals surface area contributed by atoms with Crippen LogP contribution in [0.5, 0.6) is 0 Å². The van der Waals surface area contributed by atoms with Gasteiger partial charge in [0.2, 0.25) is 11.8 Å². The van der Waals surface area contributed by atoms with E-state index in [-0.39, 0.29) is 17.6 Å². The lowest BCUT2D eigenvalue weighted by molar-refractivity contribution is -0.118. The van der Waals surface area contributed by atoms with Gasteiger partial charge in [-0.3, -0.25) is 9.59 Å². The molecule has 1 fully saturated rings. The summed E-state index contributed by atoms with van der Waals surface area (Å²) in [4.78, 5) is 26.4. The third-order valence-corrected chi connectivity index (χ3v) is 6.17. The van der Waals surface area contributed by atoms with Gasteiger partial charge in [-0.1, -0.05) is 35.8 Å². The lowest BCUT2D eigenvalue weighted by atomic mass is 9.92. The third-order valence-electron chi connectivity index (χ3n) is 4.74. The maximum Gasteiger partial charge on any atom is 0.234 e. The summed E-state index contributed by atoms with van der Waals surface area (Å²) >= 11 is 4.71. The second-order valence-corrected chi connectivity index (χ2v) is 9.72. The molecular weight excluding hydrogens is 438 g/mol. The van der Waals surface area contributed by atoms with E-state index in [1.54, 1.807) is 0 Å². The van der Waals surface area contributed by atoms with E-state index in [9.17, 15) is 9.59 Å². The van der Waals surface area contributed by atoms with E-state index >= 15 is 0 Å². The molecule has 0 saturated carbocycles. The van der Waals surface area contributed by atoms with E-state index in [1.807, 2.05) is 24.3 Å². The molecular formula is C21H32BrN3O2S. The van der Waals surface area contributed by atoms with Gasteiger partial charge in [-0.15, -0.1) is 11.8 Å². The molecule has 0 radical (unpaired) electrons. The largest absolute Gasteiger partial charge is 0.355 e. The number of hydrogen-bond donors (Lipinski definition) is 2. The molecule has 1 aromatic carbocycles. The summed E-state index contributed by atoms with van der Waals surface area (Å²) in [5.74, 6) is 2.07. The van der Waals surface area contributed by atoms with Crippen molar-refractivity contribution in [2.45, 2.75) is 33.1 Å². The van der Waals surface area contributed by atoms with E-state index in [0.29, 0.717) is 12.3 Å². The molecule has 2 rings (SSSR count). The SMILES string of the molecule is CC1CC(C)CN(CCCCNC(=O)CSCC(=O)Nc2cccc(Br)c2)C1. The van der Waals surface area contributed by atoms with Crippen LogP contribution in [0.1, 0.15) is 33.1 Å². The number of benzene rings is 1. The van der Waals surface area contributed by atoms with Crippen LogP contribution in [-0.2, 0) is 9.59 Å². The Balaban J connectivity index is 1.49. The zero-order valence-electron chi connectivity index (χ0n) is 16.9. The number of carbonyl (C=O) groups excluding carboxylic acids is 2.